The quantitative estimate of drug-likeness (QED) is 0.391. The molecule has 0 saturated heterocycles. The molecule has 0 bridgehead atoms. The number of nitro groups is 1. The molecule has 2 aromatic carbocycles. The van der Waals surface area contributed by atoms with E-state index in [1.54, 1.807) is 0 Å². The van der Waals surface area contributed by atoms with Gasteiger partial charge in [-0.1, -0.05) is 11.6 Å². The molecular formula is C18H13ClN2O7. The lowest BCUT2D eigenvalue weighted by Gasteiger charge is -2.13. The highest BCUT2D eigenvalue weighted by Crippen LogP contribution is 2.36. The number of rotatable bonds is 5. The van der Waals surface area contributed by atoms with E-state index in [0.29, 0.717) is 5.75 Å². The van der Waals surface area contributed by atoms with Crippen LogP contribution < -0.4 is 20.4 Å². The Labute approximate surface area is 162 Å². The maximum atomic E-state index is 12.6. The van der Waals surface area contributed by atoms with Crippen molar-refractivity contribution < 1.29 is 23.6 Å². The van der Waals surface area contributed by atoms with E-state index in [2.05, 4.69) is 5.32 Å². The number of nitro benzene ring substituents is 1. The number of methoxy groups -OCH3 is 2. The number of fused-ring (bicyclic) bond motifs is 1. The molecule has 10 heteroatoms. The molecule has 0 radical (unpaired) electrons. The van der Waals surface area contributed by atoms with E-state index in [4.69, 9.17) is 25.5 Å². The van der Waals surface area contributed by atoms with Gasteiger partial charge in [-0.3, -0.25) is 14.9 Å². The van der Waals surface area contributed by atoms with E-state index in [-0.39, 0.29) is 38.7 Å². The largest absolute Gasteiger partial charge is 0.495 e. The molecule has 0 aliphatic heterocycles. The van der Waals surface area contributed by atoms with Gasteiger partial charge in [0.1, 0.15) is 22.6 Å². The molecule has 0 aliphatic rings. The number of nitrogens with one attached hydrogen (secondary N) is 1. The molecule has 0 unspecified atom stereocenters. The third-order valence-corrected chi connectivity index (χ3v) is 4.19. The normalized spacial score (nSPS) is 10.5. The third-order valence-electron chi connectivity index (χ3n) is 3.89. The van der Waals surface area contributed by atoms with Crippen molar-refractivity contribution in [3.8, 4) is 11.5 Å². The van der Waals surface area contributed by atoms with Crippen molar-refractivity contribution in [1.82, 2.24) is 0 Å². The Kier molecular flexibility index (Phi) is 5.18. The van der Waals surface area contributed by atoms with Crippen LogP contribution in [0.25, 0.3) is 11.0 Å². The zero-order chi connectivity index (χ0) is 20.4. The molecule has 1 amide bonds. The van der Waals surface area contributed by atoms with Crippen LogP contribution in [-0.4, -0.2) is 25.1 Å². The number of amides is 1. The van der Waals surface area contributed by atoms with Gasteiger partial charge in [-0.2, -0.15) is 0 Å². The fraction of sp³-hybridized carbons (Fsp3) is 0.111. The lowest BCUT2D eigenvalue weighted by Crippen LogP contribution is -2.21. The van der Waals surface area contributed by atoms with Crippen LogP contribution in [0, 0.1) is 10.1 Å². The van der Waals surface area contributed by atoms with Crippen molar-refractivity contribution in [1.29, 1.82) is 0 Å². The van der Waals surface area contributed by atoms with Crippen molar-refractivity contribution >= 4 is 39.9 Å². The van der Waals surface area contributed by atoms with Gasteiger partial charge in [-0.15, -0.1) is 0 Å². The van der Waals surface area contributed by atoms with E-state index in [0.717, 1.165) is 0 Å². The van der Waals surface area contributed by atoms with E-state index < -0.39 is 16.5 Å². The lowest BCUT2D eigenvalue weighted by molar-refractivity contribution is -0.384. The van der Waals surface area contributed by atoms with Gasteiger partial charge in [-0.25, -0.2) is 4.79 Å². The van der Waals surface area contributed by atoms with E-state index in [1.165, 1.54) is 50.6 Å². The fourth-order valence-corrected chi connectivity index (χ4v) is 2.76. The van der Waals surface area contributed by atoms with Crippen LogP contribution in [0.5, 0.6) is 11.5 Å². The molecular weight excluding hydrogens is 392 g/mol. The van der Waals surface area contributed by atoms with E-state index >= 15 is 0 Å². The smallest absolute Gasteiger partial charge is 0.349 e. The molecule has 0 fully saturated rings. The maximum Gasteiger partial charge on any atom is 0.349 e. The average molecular weight is 405 g/mol. The number of benzene rings is 2. The highest BCUT2D eigenvalue weighted by molar-refractivity contribution is 6.32. The Hall–Kier alpha value is -3.59. The number of carbonyl (C=O) groups is 1. The van der Waals surface area contributed by atoms with Crippen LogP contribution in [-0.2, 0) is 0 Å². The first kappa shape index (κ1) is 19.2. The number of hydrogen-bond acceptors (Lipinski definition) is 7. The molecule has 3 aromatic rings. The average Bonchev–Trinajstić information content (AvgIpc) is 2.67. The number of halogens is 1. The number of nitrogens with zero attached hydrogens (tertiary/aromatic N) is 1. The van der Waals surface area contributed by atoms with Crippen LogP contribution in [0.1, 0.15) is 10.4 Å². The minimum Gasteiger partial charge on any atom is -0.495 e. The first-order chi connectivity index (χ1) is 13.3. The predicted molar refractivity (Wildman–Crippen MR) is 102 cm³/mol. The van der Waals surface area contributed by atoms with E-state index in [9.17, 15) is 19.7 Å². The summed E-state index contributed by atoms with van der Waals surface area (Å²) in [5.74, 6) is -0.247. The van der Waals surface area contributed by atoms with Crippen LogP contribution in [0.15, 0.2) is 45.6 Å². The van der Waals surface area contributed by atoms with Crippen LogP contribution in [0.2, 0.25) is 5.02 Å². The van der Waals surface area contributed by atoms with Gasteiger partial charge in [0, 0.05) is 29.7 Å². The minimum absolute atomic E-state index is 0.123. The van der Waals surface area contributed by atoms with E-state index in [1.807, 2.05) is 0 Å². The summed E-state index contributed by atoms with van der Waals surface area (Å²) < 4.78 is 15.4. The standard InChI is InChI=1S/C18H13ClN2O7/c1-26-15-8-13(16(27-2)7-12(15)19)20-17(22)11-6-9-5-10(21(24)25)3-4-14(9)28-18(11)23/h3-8H,1-2H3,(H,20,22). The maximum absolute atomic E-state index is 12.6. The molecule has 1 heterocycles. The third kappa shape index (κ3) is 3.60. The first-order valence-corrected chi connectivity index (χ1v) is 8.17. The van der Waals surface area contributed by atoms with Gasteiger partial charge in [0.15, 0.2) is 0 Å². The summed E-state index contributed by atoms with van der Waals surface area (Å²) in [5, 5.41) is 14.0. The Morgan fingerprint density at radius 3 is 2.50 bits per heavy atom. The summed E-state index contributed by atoms with van der Waals surface area (Å²) in [6, 6.07) is 7.82. The second-order valence-corrected chi connectivity index (χ2v) is 5.98. The zero-order valence-electron chi connectivity index (χ0n) is 14.6. The number of hydrogen-bond donors (Lipinski definition) is 1. The SMILES string of the molecule is COc1cc(NC(=O)c2cc3cc([N+](=O)[O-])ccc3oc2=O)c(OC)cc1Cl. The summed E-state index contributed by atoms with van der Waals surface area (Å²) in [5.41, 5.74) is -1.08. The van der Waals surface area contributed by atoms with Crippen molar-refractivity contribution in [3.05, 3.63) is 67.5 Å². The fourth-order valence-electron chi connectivity index (χ4n) is 2.53. The summed E-state index contributed by atoms with van der Waals surface area (Å²) in [4.78, 5) is 35.1. The van der Waals surface area contributed by atoms with Crippen LogP contribution in [0.4, 0.5) is 11.4 Å². The number of carbonyl (C=O) groups excluding carboxylic acids is 1. The molecule has 3 rings (SSSR count). The zero-order valence-corrected chi connectivity index (χ0v) is 15.4. The Balaban J connectivity index is 2.03. The molecule has 0 aliphatic carbocycles. The highest BCUT2D eigenvalue weighted by Gasteiger charge is 2.18. The molecule has 9 nitrogen and oxygen atoms in total. The second-order valence-electron chi connectivity index (χ2n) is 5.57. The molecule has 0 spiro atoms. The molecule has 1 N–H and O–H groups in total. The van der Waals surface area contributed by atoms with Gasteiger partial charge in [0.25, 0.3) is 11.6 Å². The summed E-state index contributed by atoms with van der Waals surface area (Å²) in [6.45, 7) is 0. The predicted octanol–water partition coefficient (Wildman–Crippen LogP) is 3.62. The topological polar surface area (TPSA) is 121 Å². The summed E-state index contributed by atoms with van der Waals surface area (Å²) >= 11 is 6.03. The number of anilines is 1. The van der Waals surface area contributed by atoms with Gasteiger partial charge in [0.05, 0.1) is 29.9 Å². The molecule has 0 atom stereocenters. The number of non-ortho nitro benzene ring substituents is 1. The van der Waals surface area contributed by atoms with Crippen LogP contribution >= 0.6 is 11.6 Å². The molecule has 0 saturated carbocycles. The second kappa shape index (κ2) is 7.57. The van der Waals surface area contributed by atoms with Crippen LogP contribution in [0.3, 0.4) is 0 Å². The van der Waals surface area contributed by atoms with Crippen molar-refractivity contribution in [2.45, 2.75) is 0 Å². The van der Waals surface area contributed by atoms with Gasteiger partial charge in [-0.05, 0) is 12.1 Å². The Morgan fingerprint density at radius 1 is 1.14 bits per heavy atom. The highest BCUT2D eigenvalue weighted by atomic mass is 35.5. The number of ether oxygens (including phenoxy) is 2. The molecule has 144 valence electrons. The molecule has 1 aromatic heterocycles. The Bertz CT molecular complexity index is 1160. The van der Waals surface area contributed by atoms with Gasteiger partial charge in [0.2, 0.25) is 0 Å². The monoisotopic (exact) mass is 404 g/mol. The summed E-state index contributed by atoms with van der Waals surface area (Å²) in [6.07, 6.45) is 0. The lowest BCUT2D eigenvalue weighted by atomic mass is 10.1. The van der Waals surface area contributed by atoms with Crippen molar-refractivity contribution in [2.24, 2.45) is 0 Å². The molecule has 28 heavy (non-hydrogen) atoms. The first-order valence-electron chi connectivity index (χ1n) is 7.79. The van der Waals surface area contributed by atoms with Gasteiger partial charge >= 0.3 is 5.63 Å². The van der Waals surface area contributed by atoms with Crippen molar-refractivity contribution in [3.63, 3.8) is 0 Å². The Morgan fingerprint density at radius 2 is 1.86 bits per heavy atom. The van der Waals surface area contributed by atoms with Gasteiger partial charge < -0.3 is 19.2 Å². The van der Waals surface area contributed by atoms with Crippen molar-refractivity contribution in [2.75, 3.05) is 19.5 Å². The summed E-state index contributed by atoms with van der Waals surface area (Å²) in [7, 11) is 2.79. The minimum atomic E-state index is -0.890.